The summed E-state index contributed by atoms with van der Waals surface area (Å²) in [5, 5.41) is 17.3. The van der Waals surface area contributed by atoms with Gasteiger partial charge in [0.25, 0.3) is 0 Å². The van der Waals surface area contributed by atoms with Crippen molar-refractivity contribution in [3.63, 3.8) is 0 Å². The molecule has 0 aliphatic heterocycles. The molecule has 0 fully saturated rings. The maximum absolute atomic E-state index is 13.3. The van der Waals surface area contributed by atoms with Gasteiger partial charge in [0.1, 0.15) is 0 Å². The summed E-state index contributed by atoms with van der Waals surface area (Å²) in [4.78, 5) is 0. The molecule has 0 aliphatic rings. The minimum Gasteiger partial charge on any atom is -0.478 e. The standard InChI is InChI=1S/C21H14F2N4O/c22-17-9-6-14(12-18(17)23)10-11-28-20-3-1-2-19-25-26-21(27(19)20)16-7-4-15(13-24)5-8-16/h1-9,12H,10-11H2. The summed E-state index contributed by atoms with van der Waals surface area (Å²) < 4.78 is 34.0. The fraction of sp³-hybridized carbons (Fsp3) is 0.0952. The lowest BCUT2D eigenvalue weighted by Crippen LogP contribution is -2.06. The van der Waals surface area contributed by atoms with Crippen molar-refractivity contribution in [2.75, 3.05) is 6.61 Å². The highest BCUT2D eigenvalue weighted by atomic mass is 19.2. The van der Waals surface area contributed by atoms with Gasteiger partial charge in [-0.25, -0.2) is 13.2 Å². The molecule has 0 amide bonds. The van der Waals surface area contributed by atoms with E-state index < -0.39 is 11.6 Å². The van der Waals surface area contributed by atoms with Gasteiger partial charge in [0.2, 0.25) is 5.88 Å². The van der Waals surface area contributed by atoms with Crippen LogP contribution in [0.3, 0.4) is 0 Å². The number of pyridine rings is 1. The lowest BCUT2D eigenvalue weighted by atomic mass is 10.1. The fourth-order valence-corrected chi connectivity index (χ4v) is 2.87. The number of nitriles is 1. The Labute approximate surface area is 159 Å². The maximum atomic E-state index is 13.3. The molecule has 4 rings (SSSR count). The third kappa shape index (κ3) is 3.40. The van der Waals surface area contributed by atoms with E-state index >= 15 is 0 Å². The SMILES string of the molecule is N#Cc1ccc(-c2nnc3cccc(OCCc4ccc(F)c(F)c4)n23)cc1. The second-order valence-corrected chi connectivity index (χ2v) is 6.12. The minimum atomic E-state index is -0.874. The summed E-state index contributed by atoms with van der Waals surface area (Å²) in [6, 6.07) is 18.3. The van der Waals surface area contributed by atoms with Gasteiger partial charge < -0.3 is 4.74 Å². The van der Waals surface area contributed by atoms with Crippen molar-refractivity contribution >= 4 is 5.65 Å². The Morgan fingerprint density at radius 2 is 1.79 bits per heavy atom. The molecule has 7 heteroatoms. The molecule has 28 heavy (non-hydrogen) atoms. The maximum Gasteiger partial charge on any atom is 0.201 e. The highest BCUT2D eigenvalue weighted by Crippen LogP contribution is 2.24. The van der Waals surface area contributed by atoms with Crippen LogP contribution in [0.1, 0.15) is 11.1 Å². The van der Waals surface area contributed by atoms with Crippen LogP contribution in [0.4, 0.5) is 8.78 Å². The monoisotopic (exact) mass is 376 g/mol. The van der Waals surface area contributed by atoms with Gasteiger partial charge in [-0.15, -0.1) is 10.2 Å². The quantitative estimate of drug-likeness (QED) is 0.524. The molecule has 0 bridgehead atoms. The van der Waals surface area contributed by atoms with Crippen LogP contribution in [-0.2, 0) is 6.42 Å². The van der Waals surface area contributed by atoms with Crippen LogP contribution in [0.5, 0.6) is 5.88 Å². The zero-order valence-corrected chi connectivity index (χ0v) is 14.6. The molecule has 5 nitrogen and oxygen atoms in total. The fourth-order valence-electron chi connectivity index (χ4n) is 2.87. The summed E-state index contributed by atoms with van der Waals surface area (Å²) in [7, 11) is 0. The Morgan fingerprint density at radius 1 is 0.964 bits per heavy atom. The first-order valence-corrected chi connectivity index (χ1v) is 8.57. The number of hydrogen-bond donors (Lipinski definition) is 0. The van der Waals surface area contributed by atoms with Gasteiger partial charge in [-0.1, -0.05) is 12.1 Å². The van der Waals surface area contributed by atoms with Gasteiger partial charge in [-0.05, 0) is 54.1 Å². The summed E-state index contributed by atoms with van der Waals surface area (Å²) in [5.41, 5.74) is 2.61. The molecule has 2 aromatic carbocycles. The van der Waals surface area contributed by atoms with Crippen molar-refractivity contribution in [1.29, 1.82) is 5.26 Å². The summed E-state index contributed by atoms with van der Waals surface area (Å²) in [6.07, 6.45) is 0.419. The van der Waals surface area contributed by atoms with Crippen molar-refractivity contribution in [1.82, 2.24) is 14.6 Å². The zero-order chi connectivity index (χ0) is 19.5. The first-order valence-electron chi connectivity index (χ1n) is 8.57. The molecule has 0 unspecified atom stereocenters. The van der Waals surface area contributed by atoms with Crippen LogP contribution < -0.4 is 4.74 Å². The number of nitrogens with zero attached hydrogens (tertiary/aromatic N) is 4. The molecule has 0 atom stereocenters. The normalized spacial score (nSPS) is 10.8. The third-order valence-corrected chi connectivity index (χ3v) is 4.29. The minimum absolute atomic E-state index is 0.273. The molecule has 0 spiro atoms. The Hall–Kier alpha value is -3.79. The van der Waals surface area contributed by atoms with Gasteiger partial charge in [0.15, 0.2) is 23.1 Å². The van der Waals surface area contributed by atoms with Crippen LogP contribution in [0, 0.1) is 23.0 Å². The van der Waals surface area contributed by atoms with Crippen molar-refractivity contribution in [3.8, 4) is 23.3 Å². The zero-order valence-electron chi connectivity index (χ0n) is 14.6. The first-order chi connectivity index (χ1) is 13.7. The molecular weight excluding hydrogens is 362 g/mol. The second-order valence-electron chi connectivity index (χ2n) is 6.12. The Morgan fingerprint density at radius 3 is 2.54 bits per heavy atom. The number of benzene rings is 2. The summed E-state index contributed by atoms with van der Waals surface area (Å²) in [6.45, 7) is 0.273. The molecule has 0 aliphatic carbocycles. The number of halogens is 2. The van der Waals surface area contributed by atoms with Gasteiger partial charge in [-0.3, -0.25) is 0 Å². The van der Waals surface area contributed by atoms with Gasteiger partial charge in [0.05, 0.1) is 18.2 Å². The van der Waals surface area contributed by atoms with E-state index in [1.165, 1.54) is 12.1 Å². The number of hydrogen-bond acceptors (Lipinski definition) is 4. The van der Waals surface area contributed by atoms with E-state index in [4.69, 9.17) is 10.00 Å². The number of rotatable bonds is 5. The van der Waals surface area contributed by atoms with Gasteiger partial charge in [0, 0.05) is 12.0 Å². The topological polar surface area (TPSA) is 63.2 Å². The molecule has 4 aromatic rings. The molecule has 0 radical (unpaired) electrons. The largest absolute Gasteiger partial charge is 0.478 e. The highest BCUT2D eigenvalue weighted by molar-refractivity contribution is 5.61. The number of fused-ring (bicyclic) bond motifs is 1. The lowest BCUT2D eigenvalue weighted by Gasteiger charge is -2.10. The Kier molecular flexibility index (Phi) is 4.68. The van der Waals surface area contributed by atoms with Crippen molar-refractivity contribution in [2.24, 2.45) is 0 Å². The molecule has 0 saturated heterocycles. The first kappa shape index (κ1) is 17.6. The predicted octanol–water partition coefficient (Wildman–Crippen LogP) is 4.17. The van der Waals surface area contributed by atoms with E-state index in [0.717, 1.165) is 11.6 Å². The smallest absolute Gasteiger partial charge is 0.201 e. The lowest BCUT2D eigenvalue weighted by molar-refractivity contribution is 0.306. The molecular formula is C21H14F2N4O. The molecule has 2 aromatic heterocycles. The Balaban J connectivity index is 1.59. The van der Waals surface area contributed by atoms with E-state index in [1.807, 2.05) is 6.07 Å². The van der Waals surface area contributed by atoms with E-state index in [0.29, 0.717) is 34.9 Å². The van der Waals surface area contributed by atoms with Crippen molar-refractivity contribution in [3.05, 3.63) is 83.4 Å². The number of ether oxygens (including phenoxy) is 1. The van der Waals surface area contributed by atoms with Crippen molar-refractivity contribution < 1.29 is 13.5 Å². The highest BCUT2D eigenvalue weighted by Gasteiger charge is 2.12. The van der Waals surface area contributed by atoms with E-state index in [-0.39, 0.29) is 6.61 Å². The van der Waals surface area contributed by atoms with Crippen LogP contribution in [-0.4, -0.2) is 21.2 Å². The van der Waals surface area contributed by atoms with Crippen LogP contribution >= 0.6 is 0 Å². The van der Waals surface area contributed by atoms with Gasteiger partial charge >= 0.3 is 0 Å². The average molecular weight is 376 g/mol. The van der Waals surface area contributed by atoms with E-state index in [9.17, 15) is 8.78 Å². The van der Waals surface area contributed by atoms with Crippen molar-refractivity contribution in [2.45, 2.75) is 6.42 Å². The molecule has 0 saturated carbocycles. The van der Waals surface area contributed by atoms with E-state index in [2.05, 4.69) is 16.3 Å². The third-order valence-electron chi connectivity index (χ3n) is 4.29. The second kappa shape index (κ2) is 7.45. The molecule has 138 valence electrons. The molecule has 2 heterocycles. The molecule has 0 N–H and O–H groups in total. The van der Waals surface area contributed by atoms with Crippen LogP contribution in [0.15, 0.2) is 60.7 Å². The summed E-state index contributed by atoms with van der Waals surface area (Å²) >= 11 is 0. The predicted molar refractivity (Wildman–Crippen MR) is 98.7 cm³/mol. The number of aromatic nitrogens is 3. The average Bonchev–Trinajstić information content (AvgIpc) is 3.16. The van der Waals surface area contributed by atoms with E-state index in [1.54, 1.807) is 40.8 Å². The van der Waals surface area contributed by atoms with Crippen LogP contribution in [0.25, 0.3) is 17.0 Å². The summed E-state index contributed by atoms with van der Waals surface area (Å²) in [5.74, 6) is -0.625. The Bertz CT molecular complexity index is 1180. The van der Waals surface area contributed by atoms with Crippen LogP contribution in [0.2, 0.25) is 0 Å². The van der Waals surface area contributed by atoms with Gasteiger partial charge in [-0.2, -0.15) is 5.26 Å².